The predicted molar refractivity (Wildman–Crippen MR) is 59.9 cm³/mol. The van der Waals surface area contributed by atoms with Crippen molar-refractivity contribution in [2.45, 2.75) is 25.1 Å². The first-order valence-electron chi connectivity index (χ1n) is 5.55. The van der Waals surface area contributed by atoms with Gasteiger partial charge >= 0.3 is 6.18 Å². The molecular weight excluding hydrogens is 269 g/mol. The van der Waals surface area contributed by atoms with Crippen molar-refractivity contribution in [2.24, 2.45) is 0 Å². The summed E-state index contributed by atoms with van der Waals surface area (Å²) in [6.07, 6.45) is -4.47. The van der Waals surface area contributed by atoms with Crippen molar-refractivity contribution in [1.82, 2.24) is 5.32 Å². The predicted octanol–water partition coefficient (Wildman–Crippen LogP) is 2.98. The van der Waals surface area contributed by atoms with Crippen LogP contribution in [0.25, 0.3) is 0 Å². The highest BCUT2D eigenvalue weighted by Gasteiger charge is 2.31. The fourth-order valence-electron chi connectivity index (χ4n) is 1.46. The van der Waals surface area contributed by atoms with Crippen LogP contribution in [0.4, 0.5) is 22.0 Å². The zero-order chi connectivity index (χ0) is 14.7. The van der Waals surface area contributed by atoms with E-state index in [1.807, 2.05) is 0 Å². The minimum atomic E-state index is -4.47. The average molecular weight is 283 g/mol. The lowest BCUT2D eigenvalue weighted by atomic mass is 10.0. The zero-order valence-corrected chi connectivity index (χ0v) is 10.1. The third kappa shape index (κ3) is 4.76. The van der Waals surface area contributed by atoms with Gasteiger partial charge in [0.15, 0.2) is 0 Å². The third-order valence-corrected chi connectivity index (χ3v) is 2.61. The molecule has 1 unspecified atom stereocenters. The normalized spacial score (nSPS) is 14.5. The Morgan fingerprint density at radius 1 is 1.21 bits per heavy atom. The van der Waals surface area contributed by atoms with Gasteiger partial charge in [0.05, 0.1) is 12.1 Å². The Bertz CT molecular complexity index is 419. The second kappa shape index (κ2) is 5.83. The van der Waals surface area contributed by atoms with E-state index in [0.29, 0.717) is 0 Å². The maximum absolute atomic E-state index is 12.8. The van der Waals surface area contributed by atoms with Crippen LogP contribution in [0.15, 0.2) is 24.3 Å². The van der Waals surface area contributed by atoms with Crippen LogP contribution in [0.1, 0.15) is 24.1 Å². The van der Waals surface area contributed by atoms with E-state index in [0.717, 1.165) is 12.1 Å². The molecule has 1 aromatic carbocycles. The van der Waals surface area contributed by atoms with E-state index >= 15 is 0 Å². The Kier molecular flexibility index (Phi) is 4.86. The number of rotatable bonds is 5. The molecule has 0 saturated carbocycles. The summed E-state index contributed by atoms with van der Waals surface area (Å²) in [5.74, 6) is -3.30. The first-order valence-corrected chi connectivity index (χ1v) is 5.55. The molecule has 2 nitrogen and oxygen atoms in total. The third-order valence-electron chi connectivity index (χ3n) is 2.61. The maximum Gasteiger partial charge on any atom is 0.416 e. The van der Waals surface area contributed by atoms with Crippen molar-refractivity contribution in [2.75, 3.05) is 13.2 Å². The van der Waals surface area contributed by atoms with E-state index in [9.17, 15) is 22.0 Å². The molecule has 0 bridgehead atoms. The average Bonchev–Trinajstić information content (AvgIpc) is 2.35. The maximum atomic E-state index is 12.8. The summed E-state index contributed by atoms with van der Waals surface area (Å²) in [5, 5.41) is 10.8. The van der Waals surface area contributed by atoms with Crippen molar-refractivity contribution >= 4 is 0 Å². The fraction of sp³-hybridized carbons (Fsp3) is 0.500. The molecule has 0 spiro atoms. The highest BCUT2D eigenvalue weighted by Crippen LogP contribution is 2.30. The number of aliphatic hydroxyl groups is 1. The van der Waals surface area contributed by atoms with E-state index in [1.54, 1.807) is 0 Å². The standard InChI is InChI=1S/C12H14F5NO/c1-8(18-6-11(13,14)7-19)9-3-2-4-10(5-9)12(15,16)17/h2-5,8,18-19H,6-7H2,1H3. The molecule has 0 aliphatic rings. The van der Waals surface area contributed by atoms with Crippen molar-refractivity contribution < 1.29 is 27.1 Å². The van der Waals surface area contributed by atoms with Crippen LogP contribution >= 0.6 is 0 Å². The molecule has 0 heterocycles. The Hall–Kier alpha value is -1.21. The molecule has 1 atom stereocenters. The van der Waals surface area contributed by atoms with Crippen molar-refractivity contribution in [1.29, 1.82) is 0 Å². The Morgan fingerprint density at radius 2 is 1.84 bits per heavy atom. The van der Waals surface area contributed by atoms with Crippen LogP contribution in [0, 0.1) is 0 Å². The molecular formula is C12H14F5NO. The fourth-order valence-corrected chi connectivity index (χ4v) is 1.46. The quantitative estimate of drug-likeness (QED) is 0.814. The summed E-state index contributed by atoms with van der Waals surface area (Å²) in [6, 6.07) is 3.79. The molecule has 0 amide bonds. The van der Waals surface area contributed by atoms with E-state index in [4.69, 9.17) is 5.11 Å². The molecule has 0 fully saturated rings. The number of hydrogen-bond acceptors (Lipinski definition) is 2. The van der Waals surface area contributed by atoms with E-state index in [2.05, 4.69) is 5.32 Å². The molecule has 1 rings (SSSR count). The number of benzene rings is 1. The molecule has 7 heteroatoms. The topological polar surface area (TPSA) is 32.3 Å². The van der Waals surface area contributed by atoms with Gasteiger partial charge in [0.1, 0.15) is 6.61 Å². The second-order valence-electron chi connectivity index (χ2n) is 4.24. The molecule has 108 valence electrons. The van der Waals surface area contributed by atoms with E-state index < -0.39 is 36.9 Å². The Balaban J connectivity index is 2.75. The molecule has 0 saturated heterocycles. The molecule has 19 heavy (non-hydrogen) atoms. The first kappa shape index (κ1) is 15.8. The molecule has 0 aliphatic heterocycles. The van der Waals surface area contributed by atoms with Crippen LogP contribution in [-0.2, 0) is 6.18 Å². The first-order chi connectivity index (χ1) is 8.65. The highest BCUT2D eigenvalue weighted by molar-refractivity contribution is 5.27. The SMILES string of the molecule is CC(NCC(F)(F)CO)c1cccc(C(F)(F)F)c1. The van der Waals surface area contributed by atoms with Gasteiger partial charge in [-0.1, -0.05) is 12.1 Å². The van der Waals surface area contributed by atoms with Crippen LogP contribution in [-0.4, -0.2) is 24.2 Å². The lowest BCUT2D eigenvalue weighted by Gasteiger charge is -2.19. The van der Waals surface area contributed by atoms with Gasteiger partial charge < -0.3 is 10.4 Å². The minimum absolute atomic E-state index is 0.253. The summed E-state index contributed by atoms with van der Waals surface area (Å²) < 4.78 is 63.1. The van der Waals surface area contributed by atoms with Gasteiger partial charge in [0, 0.05) is 6.04 Å². The lowest BCUT2D eigenvalue weighted by molar-refractivity contribution is -0.137. The number of aliphatic hydroxyl groups excluding tert-OH is 1. The van der Waals surface area contributed by atoms with Crippen LogP contribution in [0.5, 0.6) is 0 Å². The van der Waals surface area contributed by atoms with Crippen molar-refractivity contribution in [3.63, 3.8) is 0 Å². The molecule has 0 aromatic heterocycles. The summed E-state index contributed by atoms with van der Waals surface area (Å²) >= 11 is 0. The monoisotopic (exact) mass is 283 g/mol. The van der Waals surface area contributed by atoms with Gasteiger partial charge in [-0.15, -0.1) is 0 Å². The van der Waals surface area contributed by atoms with Gasteiger partial charge in [-0.25, -0.2) is 8.78 Å². The smallest absolute Gasteiger partial charge is 0.390 e. The van der Waals surface area contributed by atoms with Gasteiger partial charge in [0.25, 0.3) is 5.92 Å². The molecule has 1 aromatic rings. The lowest BCUT2D eigenvalue weighted by Crippen LogP contribution is -2.37. The van der Waals surface area contributed by atoms with Crippen molar-refractivity contribution in [3.05, 3.63) is 35.4 Å². The summed E-state index contributed by atoms with van der Waals surface area (Å²) in [4.78, 5) is 0. The number of alkyl halides is 5. The summed E-state index contributed by atoms with van der Waals surface area (Å²) in [7, 11) is 0. The zero-order valence-electron chi connectivity index (χ0n) is 10.1. The molecule has 0 radical (unpaired) electrons. The van der Waals surface area contributed by atoms with Gasteiger partial charge in [-0.05, 0) is 24.6 Å². The van der Waals surface area contributed by atoms with Crippen molar-refractivity contribution in [3.8, 4) is 0 Å². The number of nitrogens with one attached hydrogen (secondary N) is 1. The number of hydrogen-bond donors (Lipinski definition) is 2. The Labute approximate surface area is 107 Å². The highest BCUT2D eigenvalue weighted by atomic mass is 19.4. The number of halogens is 5. The van der Waals surface area contributed by atoms with Gasteiger partial charge in [-0.3, -0.25) is 0 Å². The second-order valence-corrected chi connectivity index (χ2v) is 4.24. The minimum Gasteiger partial charge on any atom is -0.390 e. The van der Waals surface area contributed by atoms with Gasteiger partial charge in [0.2, 0.25) is 0 Å². The van der Waals surface area contributed by atoms with Crippen LogP contribution in [0.2, 0.25) is 0 Å². The van der Waals surface area contributed by atoms with Gasteiger partial charge in [-0.2, -0.15) is 13.2 Å². The summed E-state index contributed by atoms with van der Waals surface area (Å²) in [6.45, 7) is -0.640. The summed E-state index contributed by atoms with van der Waals surface area (Å²) in [5.41, 5.74) is -0.573. The largest absolute Gasteiger partial charge is 0.416 e. The molecule has 2 N–H and O–H groups in total. The van der Waals surface area contributed by atoms with Crippen LogP contribution in [0.3, 0.4) is 0 Å². The van der Waals surface area contributed by atoms with E-state index in [1.165, 1.54) is 19.1 Å². The Morgan fingerprint density at radius 3 is 2.37 bits per heavy atom. The van der Waals surface area contributed by atoms with E-state index in [-0.39, 0.29) is 5.56 Å². The molecule has 0 aliphatic carbocycles. The van der Waals surface area contributed by atoms with Crippen LogP contribution < -0.4 is 5.32 Å².